The Morgan fingerprint density at radius 1 is 1.20 bits per heavy atom. The second-order valence-corrected chi connectivity index (χ2v) is 8.27. The lowest BCUT2D eigenvalue weighted by molar-refractivity contribution is -0.141. The molecule has 1 amide bonds. The highest BCUT2D eigenvalue weighted by Gasteiger charge is 2.38. The molecule has 1 aromatic carbocycles. The summed E-state index contributed by atoms with van der Waals surface area (Å²) >= 11 is 20.9. The molecule has 13 heteroatoms. The van der Waals surface area contributed by atoms with Gasteiger partial charge in [-0.3, -0.25) is 14.2 Å². The van der Waals surface area contributed by atoms with Gasteiger partial charge in [0.15, 0.2) is 11.5 Å². The van der Waals surface area contributed by atoms with Crippen LogP contribution >= 0.6 is 50.7 Å². The number of hydrogen-bond acceptors (Lipinski definition) is 3. The lowest BCUT2D eigenvalue weighted by atomic mass is 10.2. The van der Waals surface area contributed by atoms with E-state index < -0.39 is 29.3 Å². The third-order valence-electron chi connectivity index (χ3n) is 4.00. The van der Waals surface area contributed by atoms with Crippen molar-refractivity contribution in [1.82, 2.24) is 19.6 Å². The van der Waals surface area contributed by atoms with E-state index in [0.717, 1.165) is 10.2 Å². The zero-order valence-electron chi connectivity index (χ0n) is 15.1. The molecule has 0 aliphatic rings. The maximum atomic E-state index is 12.9. The van der Waals surface area contributed by atoms with Crippen molar-refractivity contribution < 1.29 is 18.0 Å². The average molecular weight is 546 g/mol. The molecule has 1 N–H and O–H groups in total. The van der Waals surface area contributed by atoms with Crippen LogP contribution in [-0.4, -0.2) is 25.5 Å². The first-order valence-corrected chi connectivity index (χ1v) is 10.1. The number of anilines is 1. The summed E-state index contributed by atoms with van der Waals surface area (Å²) in [4.78, 5) is 12.3. The molecule has 0 saturated heterocycles. The number of alkyl halides is 3. The van der Waals surface area contributed by atoms with Crippen LogP contribution < -0.4 is 5.32 Å². The summed E-state index contributed by atoms with van der Waals surface area (Å²) in [7, 11) is 0. The SMILES string of the molecule is Cc1c(Cl)c(C(F)(F)F)nn1CC(=O)Nc1nn(Cc2ccc(Cl)c(Cl)c2)cc1Br. The molecule has 160 valence electrons. The maximum Gasteiger partial charge on any atom is 0.436 e. The molecule has 0 radical (unpaired) electrons. The van der Waals surface area contributed by atoms with Crippen molar-refractivity contribution in [2.45, 2.75) is 26.2 Å². The zero-order chi connectivity index (χ0) is 22.2. The Hall–Kier alpha value is -1.75. The molecule has 6 nitrogen and oxygen atoms in total. The number of aromatic nitrogens is 4. The molecule has 3 aromatic rings. The smallest absolute Gasteiger partial charge is 0.307 e. The van der Waals surface area contributed by atoms with Gasteiger partial charge in [-0.2, -0.15) is 23.4 Å². The molecule has 3 rings (SSSR count). The molecule has 0 saturated carbocycles. The van der Waals surface area contributed by atoms with Gasteiger partial charge in [0.2, 0.25) is 5.91 Å². The van der Waals surface area contributed by atoms with Gasteiger partial charge >= 0.3 is 6.18 Å². The minimum absolute atomic E-state index is 0.0309. The summed E-state index contributed by atoms with van der Waals surface area (Å²) in [5.74, 6) is -0.418. The first-order valence-electron chi connectivity index (χ1n) is 8.22. The van der Waals surface area contributed by atoms with Gasteiger partial charge in [0.25, 0.3) is 0 Å². The number of carbonyl (C=O) groups is 1. The Kier molecular flexibility index (Phi) is 6.71. The number of hydrogen-bond donors (Lipinski definition) is 1. The molecule has 0 bridgehead atoms. The molecule has 30 heavy (non-hydrogen) atoms. The Morgan fingerprint density at radius 3 is 2.50 bits per heavy atom. The van der Waals surface area contributed by atoms with E-state index in [1.807, 2.05) is 0 Å². The van der Waals surface area contributed by atoms with Crippen LogP contribution in [0.5, 0.6) is 0 Å². The lowest BCUT2D eigenvalue weighted by Gasteiger charge is -2.06. The van der Waals surface area contributed by atoms with Crippen LogP contribution in [0.15, 0.2) is 28.9 Å². The van der Waals surface area contributed by atoms with Crippen LogP contribution in [0, 0.1) is 6.92 Å². The van der Waals surface area contributed by atoms with Gasteiger partial charge in [0, 0.05) is 6.20 Å². The minimum Gasteiger partial charge on any atom is -0.307 e. The fourth-order valence-corrected chi connectivity index (χ4v) is 3.53. The van der Waals surface area contributed by atoms with E-state index >= 15 is 0 Å². The van der Waals surface area contributed by atoms with Crippen LogP contribution in [0.3, 0.4) is 0 Å². The molecule has 0 unspecified atom stereocenters. The number of amides is 1. The van der Waals surface area contributed by atoms with E-state index in [1.165, 1.54) is 6.92 Å². The Balaban J connectivity index is 1.71. The van der Waals surface area contributed by atoms with Crippen LogP contribution in [0.25, 0.3) is 0 Å². The van der Waals surface area contributed by atoms with Crippen molar-refractivity contribution in [3.63, 3.8) is 0 Å². The summed E-state index contributed by atoms with van der Waals surface area (Å²) in [5, 5.41) is 10.5. The summed E-state index contributed by atoms with van der Waals surface area (Å²) in [5.41, 5.74) is -0.372. The molecule has 2 aromatic heterocycles. The van der Waals surface area contributed by atoms with Gasteiger partial charge < -0.3 is 5.32 Å². The fourth-order valence-electron chi connectivity index (χ4n) is 2.55. The number of nitrogens with one attached hydrogen (secondary N) is 1. The number of halogens is 7. The largest absolute Gasteiger partial charge is 0.436 e. The molecule has 0 aliphatic carbocycles. The highest BCUT2D eigenvalue weighted by molar-refractivity contribution is 9.10. The van der Waals surface area contributed by atoms with Crippen molar-refractivity contribution in [2.24, 2.45) is 0 Å². The minimum atomic E-state index is -4.71. The summed E-state index contributed by atoms with van der Waals surface area (Å²) in [6, 6.07) is 5.14. The topological polar surface area (TPSA) is 64.7 Å². The standard InChI is InChI=1S/C17H12BrCl3F3N5O/c1-8-14(21)15(17(22,23)24)26-29(8)7-13(30)25-16-10(18)6-28(27-16)5-9-2-3-11(19)12(20)4-9/h2-4,6H,5,7H2,1H3,(H,25,27,30). The maximum absolute atomic E-state index is 12.9. The van der Waals surface area contributed by atoms with Crippen LogP contribution in [0.2, 0.25) is 15.1 Å². The van der Waals surface area contributed by atoms with E-state index in [0.29, 0.717) is 21.1 Å². The summed E-state index contributed by atoms with van der Waals surface area (Å²) in [6.07, 6.45) is -3.08. The zero-order valence-corrected chi connectivity index (χ0v) is 18.9. The van der Waals surface area contributed by atoms with Crippen LogP contribution in [0.1, 0.15) is 17.0 Å². The van der Waals surface area contributed by atoms with Crippen molar-refractivity contribution in [3.8, 4) is 0 Å². The number of carbonyl (C=O) groups excluding carboxylic acids is 1. The predicted octanol–water partition coefficient (Wildman–Crippen LogP) is 5.82. The van der Waals surface area contributed by atoms with Crippen molar-refractivity contribution in [1.29, 1.82) is 0 Å². The van der Waals surface area contributed by atoms with E-state index in [9.17, 15) is 18.0 Å². The highest BCUT2D eigenvalue weighted by Crippen LogP contribution is 2.35. The number of benzene rings is 1. The third-order valence-corrected chi connectivity index (χ3v) is 5.77. The second kappa shape index (κ2) is 8.78. The number of rotatable bonds is 5. The molecule has 2 heterocycles. The molecule has 0 aliphatic heterocycles. The Bertz CT molecular complexity index is 1110. The van der Waals surface area contributed by atoms with Gasteiger partial charge in [-0.1, -0.05) is 40.9 Å². The van der Waals surface area contributed by atoms with Crippen molar-refractivity contribution >= 4 is 62.5 Å². The van der Waals surface area contributed by atoms with Crippen molar-refractivity contribution in [2.75, 3.05) is 5.32 Å². The molecule has 0 fully saturated rings. The average Bonchev–Trinajstić information content (AvgIpc) is 3.12. The van der Waals surface area contributed by atoms with Crippen LogP contribution in [-0.2, 0) is 24.1 Å². The monoisotopic (exact) mass is 543 g/mol. The van der Waals surface area contributed by atoms with E-state index in [4.69, 9.17) is 34.8 Å². The Morgan fingerprint density at radius 2 is 1.90 bits per heavy atom. The summed E-state index contributed by atoms with van der Waals surface area (Å²) < 4.78 is 41.7. The lowest BCUT2D eigenvalue weighted by Crippen LogP contribution is -2.21. The predicted molar refractivity (Wildman–Crippen MR) is 111 cm³/mol. The van der Waals surface area contributed by atoms with Gasteiger partial charge in [0.1, 0.15) is 6.54 Å². The molecular formula is C17H12BrCl3F3N5O. The van der Waals surface area contributed by atoms with Gasteiger partial charge in [-0.15, -0.1) is 0 Å². The normalized spacial score (nSPS) is 11.7. The first-order chi connectivity index (χ1) is 14.0. The van der Waals surface area contributed by atoms with Gasteiger partial charge in [-0.25, -0.2) is 0 Å². The third kappa shape index (κ3) is 5.11. The first kappa shape index (κ1) is 22.9. The molecular weight excluding hydrogens is 533 g/mol. The van der Waals surface area contributed by atoms with Crippen molar-refractivity contribution in [3.05, 3.63) is 60.9 Å². The second-order valence-electron chi connectivity index (χ2n) is 6.22. The highest BCUT2D eigenvalue weighted by atomic mass is 79.9. The Labute approximate surface area is 192 Å². The number of nitrogens with zero attached hydrogens (tertiary/aromatic N) is 4. The quantitative estimate of drug-likeness (QED) is 0.440. The summed E-state index contributed by atoms with van der Waals surface area (Å²) in [6.45, 7) is 1.24. The van der Waals surface area contributed by atoms with Crippen LogP contribution in [0.4, 0.5) is 19.0 Å². The van der Waals surface area contributed by atoms with E-state index in [1.54, 1.807) is 29.1 Å². The van der Waals surface area contributed by atoms with E-state index in [2.05, 4.69) is 31.4 Å². The van der Waals surface area contributed by atoms with E-state index in [-0.39, 0.29) is 11.5 Å². The fraction of sp³-hybridized carbons (Fsp3) is 0.235. The molecule has 0 atom stereocenters. The van der Waals surface area contributed by atoms with Gasteiger partial charge in [-0.05, 0) is 40.5 Å². The van der Waals surface area contributed by atoms with Gasteiger partial charge in [0.05, 0.1) is 31.8 Å². The molecule has 0 spiro atoms.